The summed E-state index contributed by atoms with van der Waals surface area (Å²) in [6.45, 7) is 0.923. The maximum atomic E-state index is 13.3. The average molecular weight is 471 g/mol. The molecule has 0 spiro atoms. The van der Waals surface area contributed by atoms with Gasteiger partial charge in [0.15, 0.2) is 16.6 Å². The van der Waals surface area contributed by atoms with Crippen molar-refractivity contribution in [2.75, 3.05) is 32.7 Å². The van der Waals surface area contributed by atoms with E-state index < -0.39 is 0 Å². The molecular weight excluding hydrogens is 446 g/mol. The summed E-state index contributed by atoms with van der Waals surface area (Å²) >= 11 is 5.71. The van der Waals surface area contributed by atoms with Gasteiger partial charge in [0.1, 0.15) is 24.0 Å². The summed E-state index contributed by atoms with van der Waals surface area (Å²) in [7, 11) is 3.20. The standard InChI is InChI=1S/C25H24F2N2O3S/c1-30-23-13-16-11-12-29(25(33)28-19-7-3-17(26)4-8-19)22(21(16)14-24(23)31-2)15-32-20-9-5-18(27)6-10-20/h3-10,13-14,22H,11-12,15H2,1-2H3,(H,28,33). The van der Waals surface area contributed by atoms with Crippen LogP contribution in [0.4, 0.5) is 14.5 Å². The molecule has 4 rings (SSSR count). The van der Waals surface area contributed by atoms with Gasteiger partial charge < -0.3 is 24.4 Å². The molecule has 1 N–H and O–H groups in total. The third kappa shape index (κ3) is 5.17. The van der Waals surface area contributed by atoms with Gasteiger partial charge in [-0.25, -0.2) is 8.78 Å². The lowest BCUT2D eigenvalue weighted by molar-refractivity contribution is 0.190. The Morgan fingerprint density at radius 3 is 2.21 bits per heavy atom. The van der Waals surface area contributed by atoms with Crippen LogP contribution in [0, 0.1) is 11.6 Å². The van der Waals surface area contributed by atoms with E-state index in [1.54, 1.807) is 38.5 Å². The van der Waals surface area contributed by atoms with Gasteiger partial charge in [-0.2, -0.15) is 0 Å². The SMILES string of the molecule is COc1cc2c(cc1OC)C(COc1ccc(F)cc1)N(C(=S)Nc1ccc(F)cc1)CC2. The number of nitrogens with one attached hydrogen (secondary N) is 1. The zero-order valence-corrected chi connectivity index (χ0v) is 19.1. The minimum Gasteiger partial charge on any atom is -0.493 e. The molecule has 33 heavy (non-hydrogen) atoms. The second kappa shape index (κ2) is 10.0. The smallest absolute Gasteiger partial charge is 0.174 e. The van der Waals surface area contributed by atoms with Crippen molar-refractivity contribution in [2.45, 2.75) is 12.5 Å². The van der Waals surface area contributed by atoms with Crippen LogP contribution in [0.5, 0.6) is 17.2 Å². The first-order chi connectivity index (χ1) is 16.0. The first-order valence-corrected chi connectivity index (χ1v) is 10.9. The number of rotatable bonds is 6. The molecular formula is C25H24F2N2O3S. The average Bonchev–Trinajstić information content (AvgIpc) is 2.83. The van der Waals surface area contributed by atoms with E-state index in [1.165, 1.54) is 24.3 Å². The molecule has 1 unspecified atom stereocenters. The van der Waals surface area contributed by atoms with Gasteiger partial charge in [0.05, 0.1) is 20.3 Å². The normalized spacial score (nSPS) is 14.9. The number of benzene rings is 3. The van der Waals surface area contributed by atoms with Crippen LogP contribution in [0.15, 0.2) is 60.7 Å². The Balaban J connectivity index is 1.63. The quantitative estimate of drug-likeness (QED) is 0.490. The summed E-state index contributed by atoms with van der Waals surface area (Å²) in [6, 6.07) is 15.6. The molecule has 1 atom stereocenters. The summed E-state index contributed by atoms with van der Waals surface area (Å²) < 4.78 is 43.6. The van der Waals surface area contributed by atoms with Gasteiger partial charge in [0, 0.05) is 12.2 Å². The number of hydrogen-bond acceptors (Lipinski definition) is 4. The van der Waals surface area contributed by atoms with Crippen LogP contribution in [0.25, 0.3) is 0 Å². The minimum atomic E-state index is -0.325. The number of hydrogen-bond donors (Lipinski definition) is 1. The Morgan fingerprint density at radius 1 is 0.970 bits per heavy atom. The van der Waals surface area contributed by atoms with Crippen molar-refractivity contribution in [1.82, 2.24) is 4.90 Å². The molecule has 0 fully saturated rings. The Labute approximate surface area is 196 Å². The number of ether oxygens (including phenoxy) is 3. The lowest BCUT2D eigenvalue weighted by Crippen LogP contribution is -2.44. The van der Waals surface area contributed by atoms with Crippen molar-refractivity contribution >= 4 is 23.0 Å². The maximum absolute atomic E-state index is 13.3. The first-order valence-electron chi connectivity index (χ1n) is 10.4. The van der Waals surface area contributed by atoms with E-state index >= 15 is 0 Å². The van der Waals surface area contributed by atoms with Gasteiger partial charge in [0.2, 0.25) is 0 Å². The summed E-state index contributed by atoms with van der Waals surface area (Å²) in [5, 5.41) is 3.68. The van der Waals surface area contributed by atoms with Crippen LogP contribution in [0.3, 0.4) is 0 Å². The monoisotopic (exact) mass is 470 g/mol. The van der Waals surface area contributed by atoms with E-state index in [0.717, 1.165) is 17.5 Å². The summed E-state index contributed by atoms with van der Waals surface area (Å²) in [5.41, 5.74) is 2.81. The van der Waals surface area contributed by atoms with Crippen LogP contribution in [0.2, 0.25) is 0 Å². The third-order valence-corrected chi connectivity index (χ3v) is 5.92. The van der Waals surface area contributed by atoms with E-state index in [4.69, 9.17) is 26.4 Å². The molecule has 0 amide bonds. The highest BCUT2D eigenvalue weighted by Crippen LogP contribution is 2.38. The number of methoxy groups -OCH3 is 2. The zero-order valence-electron chi connectivity index (χ0n) is 18.3. The van der Waals surface area contributed by atoms with Crippen molar-refractivity contribution in [2.24, 2.45) is 0 Å². The molecule has 0 aliphatic carbocycles. The summed E-state index contributed by atoms with van der Waals surface area (Å²) in [5.74, 6) is 1.19. The molecule has 3 aromatic carbocycles. The second-order valence-electron chi connectivity index (χ2n) is 7.57. The van der Waals surface area contributed by atoms with Crippen molar-refractivity contribution < 1.29 is 23.0 Å². The second-order valence-corrected chi connectivity index (χ2v) is 7.95. The number of fused-ring (bicyclic) bond motifs is 1. The van der Waals surface area contributed by atoms with Crippen molar-refractivity contribution in [3.63, 3.8) is 0 Å². The molecule has 0 bridgehead atoms. The van der Waals surface area contributed by atoms with Gasteiger partial charge in [-0.05, 0) is 90.4 Å². The largest absolute Gasteiger partial charge is 0.493 e. The number of nitrogens with zero attached hydrogens (tertiary/aromatic N) is 1. The first kappa shape index (κ1) is 22.8. The van der Waals surface area contributed by atoms with E-state index in [0.29, 0.717) is 34.6 Å². The minimum absolute atomic E-state index is 0.237. The zero-order chi connectivity index (χ0) is 23.4. The van der Waals surface area contributed by atoms with E-state index in [-0.39, 0.29) is 24.3 Å². The molecule has 1 aliphatic heterocycles. The van der Waals surface area contributed by atoms with Crippen LogP contribution < -0.4 is 19.5 Å². The highest BCUT2D eigenvalue weighted by Gasteiger charge is 2.31. The highest BCUT2D eigenvalue weighted by atomic mass is 32.1. The number of halogens is 2. The van der Waals surface area contributed by atoms with Crippen LogP contribution in [0.1, 0.15) is 17.2 Å². The van der Waals surface area contributed by atoms with Gasteiger partial charge >= 0.3 is 0 Å². The molecule has 1 aliphatic rings. The van der Waals surface area contributed by atoms with E-state index in [1.807, 2.05) is 17.0 Å². The van der Waals surface area contributed by atoms with Crippen LogP contribution in [-0.2, 0) is 6.42 Å². The maximum Gasteiger partial charge on any atom is 0.174 e. The van der Waals surface area contributed by atoms with Crippen LogP contribution in [-0.4, -0.2) is 37.4 Å². The summed E-state index contributed by atoms with van der Waals surface area (Å²) in [6.07, 6.45) is 0.744. The number of thiocarbonyl (C=S) groups is 1. The fourth-order valence-electron chi connectivity index (χ4n) is 3.89. The lowest BCUT2D eigenvalue weighted by Gasteiger charge is -2.39. The van der Waals surface area contributed by atoms with Gasteiger partial charge in [0.25, 0.3) is 0 Å². The van der Waals surface area contributed by atoms with Crippen LogP contribution >= 0.6 is 12.2 Å². The van der Waals surface area contributed by atoms with Gasteiger partial charge in [-0.1, -0.05) is 0 Å². The van der Waals surface area contributed by atoms with E-state index in [9.17, 15) is 8.78 Å². The highest BCUT2D eigenvalue weighted by molar-refractivity contribution is 7.80. The molecule has 0 radical (unpaired) electrons. The molecule has 5 nitrogen and oxygen atoms in total. The van der Waals surface area contributed by atoms with Crippen molar-refractivity contribution in [3.8, 4) is 17.2 Å². The predicted octanol–water partition coefficient (Wildman–Crippen LogP) is 5.36. The van der Waals surface area contributed by atoms with E-state index in [2.05, 4.69) is 5.32 Å². The van der Waals surface area contributed by atoms with Gasteiger partial charge in [-0.15, -0.1) is 0 Å². The molecule has 8 heteroatoms. The molecule has 172 valence electrons. The Morgan fingerprint density at radius 2 is 1.58 bits per heavy atom. The molecule has 1 heterocycles. The Hall–Kier alpha value is -3.39. The molecule has 0 aromatic heterocycles. The fourth-order valence-corrected chi connectivity index (χ4v) is 4.22. The molecule has 3 aromatic rings. The Kier molecular flexibility index (Phi) is 6.93. The fraction of sp³-hybridized carbons (Fsp3) is 0.240. The third-order valence-electron chi connectivity index (χ3n) is 5.58. The lowest BCUT2D eigenvalue weighted by atomic mass is 9.92. The van der Waals surface area contributed by atoms with Gasteiger partial charge in [-0.3, -0.25) is 0 Å². The predicted molar refractivity (Wildman–Crippen MR) is 127 cm³/mol. The molecule has 0 saturated heterocycles. The summed E-state index contributed by atoms with van der Waals surface area (Å²) in [4.78, 5) is 2.04. The number of anilines is 1. The Bertz CT molecular complexity index is 1120. The van der Waals surface area contributed by atoms with Crippen molar-refractivity contribution in [1.29, 1.82) is 0 Å². The topological polar surface area (TPSA) is 43.0 Å². The van der Waals surface area contributed by atoms with Crippen molar-refractivity contribution in [3.05, 3.63) is 83.4 Å². The molecule has 0 saturated carbocycles.